The third-order valence-electron chi connectivity index (χ3n) is 6.79. The van der Waals surface area contributed by atoms with E-state index in [1.807, 2.05) is 59.1 Å². The molecule has 2 aliphatic rings. The van der Waals surface area contributed by atoms with Gasteiger partial charge in [0, 0.05) is 57.2 Å². The van der Waals surface area contributed by atoms with Crippen LogP contribution in [-0.4, -0.2) is 66.4 Å². The number of halogens is 1. The number of hydrogen-bond acceptors (Lipinski definition) is 4. The molecule has 4 heterocycles. The molecular formula is C25H31FN6O. The Hall–Kier alpha value is -3.13. The average molecular weight is 451 g/mol. The molecule has 174 valence electrons. The first-order chi connectivity index (χ1) is 16.1. The number of hydrogen-bond donors (Lipinski definition) is 2. The van der Waals surface area contributed by atoms with E-state index in [2.05, 4.69) is 26.7 Å². The van der Waals surface area contributed by atoms with Crippen molar-refractivity contribution in [2.45, 2.75) is 25.4 Å². The lowest BCUT2D eigenvalue weighted by Crippen LogP contribution is -2.51. The van der Waals surface area contributed by atoms with E-state index in [1.165, 1.54) is 0 Å². The zero-order valence-electron chi connectivity index (χ0n) is 19.1. The Morgan fingerprint density at radius 2 is 1.94 bits per heavy atom. The number of anilines is 1. The number of amides is 2. The number of piperazine rings is 1. The summed E-state index contributed by atoms with van der Waals surface area (Å²) in [6, 6.07) is 12.0. The molecule has 2 N–H and O–H groups in total. The Labute approximate surface area is 193 Å². The number of aromatic nitrogens is 2. The number of nitrogens with zero attached hydrogens (tertiary/aromatic N) is 4. The van der Waals surface area contributed by atoms with E-state index in [0.717, 1.165) is 53.9 Å². The molecule has 0 saturated carbocycles. The molecule has 1 aromatic carbocycles. The molecule has 7 nitrogen and oxygen atoms in total. The number of rotatable bonds is 4. The summed E-state index contributed by atoms with van der Waals surface area (Å²) < 4.78 is 17.2. The predicted molar refractivity (Wildman–Crippen MR) is 128 cm³/mol. The number of nitrogens with one attached hydrogen (secondary N) is 2. The summed E-state index contributed by atoms with van der Waals surface area (Å²) in [6.07, 6.45) is 5.26. The minimum Gasteiger partial charge on any atom is -0.366 e. The molecule has 5 rings (SSSR count). The summed E-state index contributed by atoms with van der Waals surface area (Å²) in [7, 11) is 0. The summed E-state index contributed by atoms with van der Waals surface area (Å²) in [5.74, 6) is 0. The van der Waals surface area contributed by atoms with Gasteiger partial charge in [-0.15, -0.1) is 0 Å². The smallest absolute Gasteiger partial charge is 0.317 e. The molecule has 2 fully saturated rings. The Kier molecular flexibility index (Phi) is 5.93. The van der Waals surface area contributed by atoms with E-state index < -0.39 is 5.67 Å². The van der Waals surface area contributed by atoms with Crippen molar-refractivity contribution in [3.63, 3.8) is 0 Å². The van der Waals surface area contributed by atoms with Gasteiger partial charge in [0.1, 0.15) is 5.67 Å². The first-order valence-corrected chi connectivity index (χ1v) is 11.8. The minimum atomic E-state index is -1.28. The van der Waals surface area contributed by atoms with Crippen molar-refractivity contribution in [1.29, 1.82) is 0 Å². The molecule has 2 amide bonds. The molecule has 1 atom stereocenters. The van der Waals surface area contributed by atoms with Gasteiger partial charge in [0.05, 0.1) is 11.2 Å². The van der Waals surface area contributed by atoms with Gasteiger partial charge in [-0.25, -0.2) is 13.7 Å². The van der Waals surface area contributed by atoms with Crippen LogP contribution in [0.1, 0.15) is 25.3 Å². The van der Waals surface area contributed by atoms with E-state index in [1.54, 1.807) is 0 Å². The first kappa shape index (κ1) is 21.7. The summed E-state index contributed by atoms with van der Waals surface area (Å²) in [6.45, 7) is 6.77. The molecular weight excluding hydrogens is 419 g/mol. The lowest BCUT2D eigenvalue weighted by molar-refractivity contribution is 0.122. The van der Waals surface area contributed by atoms with Gasteiger partial charge < -0.3 is 20.4 Å². The maximum Gasteiger partial charge on any atom is 0.317 e. The Balaban J connectivity index is 1.36. The van der Waals surface area contributed by atoms with Crippen molar-refractivity contribution in [2.24, 2.45) is 0 Å². The third kappa shape index (κ3) is 4.27. The van der Waals surface area contributed by atoms with Gasteiger partial charge in [0.2, 0.25) is 0 Å². The van der Waals surface area contributed by atoms with Gasteiger partial charge in [-0.1, -0.05) is 24.3 Å². The minimum absolute atomic E-state index is 0.00418. The van der Waals surface area contributed by atoms with Gasteiger partial charge in [0.25, 0.3) is 0 Å². The highest BCUT2D eigenvalue weighted by molar-refractivity contribution is 5.80. The Bertz CT molecular complexity index is 1110. The second-order valence-corrected chi connectivity index (χ2v) is 8.91. The van der Waals surface area contributed by atoms with Gasteiger partial charge in [0.15, 0.2) is 0 Å². The molecule has 0 unspecified atom stereocenters. The molecule has 33 heavy (non-hydrogen) atoms. The van der Waals surface area contributed by atoms with Crippen molar-refractivity contribution < 1.29 is 9.18 Å². The second-order valence-electron chi connectivity index (χ2n) is 8.91. The van der Waals surface area contributed by atoms with Crippen LogP contribution in [0.4, 0.5) is 14.9 Å². The highest BCUT2D eigenvalue weighted by Crippen LogP contribution is 2.35. The predicted octanol–water partition coefficient (Wildman–Crippen LogP) is 3.40. The van der Waals surface area contributed by atoms with E-state index in [-0.39, 0.29) is 6.03 Å². The van der Waals surface area contributed by atoms with Crippen LogP contribution in [0.15, 0.2) is 48.8 Å². The summed E-state index contributed by atoms with van der Waals surface area (Å²) >= 11 is 0. The molecule has 0 radical (unpaired) electrons. The standard InChI is InChI=1S/C25H31FN6O/c1-2-28-24(33)31-14-12-30(13-15-31)22-8-11-29-32-17-20(16-23(22)32)19-4-6-21(7-5-19)25(26)9-3-10-27-18-25/h4-8,11,16-17,27H,2-3,9-10,12-15,18H2,1H3,(H,28,33)/t25-/m0/s1. The van der Waals surface area contributed by atoms with Crippen molar-refractivity contribution in [3.8, 4) is 11.1 Å². The van der Waals surface area contributed by atoms with Gasteiger partial charge >= 0.3 is 6.03 Å². The van der Waals surface area contributed by atoms with Crippen molar-refractivity contribution in [3.05, 3.63) is 54.4 Å². The van der Waals surface area contributed by atoms with Gasteiger partial charge in [-0.2, -0.15) is 5.10 Å². The third-order valence-corrected chi connectivity index (χ3v) is 6.79. The van der Waals surface area contributed by atoms with Crippen LogP contribution in [0.25, 0.3) is 16.6 Å². The second kappa shape index (κ2) is 9.02. The van der Waals surface area contributed by atoms with E-state index >= 15 is 4.39 Å². The maximum atomic E-state index is 15.3. The van der Waals surface area contributed by atoms with Crippen LogP contribution in [0.3, 0.4) is 0 Å². The molecule has 0 bridgehead atoms. The molecule has 0 spiro atoms. The fraction of sp³-hybridized carbons (Fsp3) is 0.440. The van der Waals surface area contributed by atoms with Crippen LogP contribution < -0.4 is 15.5 Å². The van der Waals surface area contributed by atoms with Crippen LogP contribution in [0.5, 0.6) is 0 Å². The number of urea groups is 1. The van der Waals surface area contributed by atoms with Crippen LogP contribution in [-0.2, 0) is 5.67 Å². The van der Waals surface area contributed by atoms with Crippen molar-refractivity contribution in [1.82, 2.24) is 25.1 Å². The number of alkyl halides is 1. The number of carbonyl (C=O) groups excluding carboxylic acids is 1. The fourth-order valence-corrected chi connectivity index (χ4v) is 4.91. The maximum absolute atomic E-state index is 15.3. The van der Waals surface area contributed by atoms with Gasteiger partial charge in [-0.05, 0) is 49.6 Å². The Morgan fingerprint density at radius 3 is 2.64 bits per heavy atom. The zero-order chi connectivity index (χ0) is 22.8. The van der Waals surface area contributed by atoms with E-state index in [9.17, 15) is 4.79 Å². The number of benzene rings is 1. The lowest BCUT2D eigenvalue weighted by Gasteiger charge is -2.36. The van der Waals surface area contributed by atoms with Crippen LogP contribution in [0.2, 0.25) is 0 Å². The summed E-state index contributed by atoms with van der Waals surface area (Å²) in [4.78, 5) is 16.3. The SMILES string of the molecule is CCNC(=O)N1CCN(c2ccnn3cc(-c4ccc([C@]5(F)CCCNC5)cc4)cc23)CC1. The number of piperidine rings is 1. The lowest BCUT2D eigenvalue weighted by atomic mass is 9.87. The quantitative estimate of drug-likeness (QED) is 0.640. The number of fused-ring (bicyclic) bond motifs is 1. The van der Waals surface area contributed by atoms with Crippen LogP contribution in [0, 0.1) is 0 Å². The van der Waals surface area contributed by atoms with Gasteiger partial charge in [-0.3, -0.25) is 0 Å². The topological polar surface area (TPSA) is 64.9 Å². The van der Waals surface area contributed by atoms with Crippen molar-refractivity contribution >= 4 is 17.2 Å². The fourth-order valence-electron chi connectivity index (χ4n) is 4.91. The molecule has 3 aromatic rings. The largest absolute Gasteiger partial charge is 0.366 e. The highest BCUT2D eigenvalue weighted by Gasteiger charge is 2.33. The zero-order valence-corrected chi connectivity index (χ0v) is 19.1. The highest BCUT2D eigenvalue weighted by atomic mass is 19.1. The normalized spacial score (nSPS) is 21.4. The Morgan fingerprint density at radius 1 is 1.15 bits per heavy atom. The van der Waals surface area contributed by atoms with Crippen molar-refractivity contribution in [2.75, 3.05) is 50.7 Å². The van der Waals surface area contributed by atoms with E-state index in [4.69, 9.17) is 0 Å². The first-order valence-electron chi connectivity index (χ1n) is 11.8. The average Bonchev–Trinajstić information content (AvgIpc) is 3.29. The molecule has 2 aliphatic heterocycles. The van der Waals surface area contributed by atoms with E-state index in [0.29, 0.717) is 32.6 Å². The molecule has 8 heteroatoms. The summed E-state index contributed by atoms with van der Waals surface area (Å²) in [5.41, 5.74) is 3.69. The molecule has 2 aromatic heterocycles. The molecule has 2 saturated heterocycles. The molecule has 0 aliphatic carbocycles. The summed E-state index contributed by atoms with van der Waals surface area (Å²) in [5, 5.41) is 10.5. The van der Waals surface area contributed by atoms with Crippen LogP contribution >= 0.6 is 0 Å². The monoisotopic (exact) mass is 450 g/mol. The number of carbonyl (C=O) groups is 1.